The Hall–Kier alpha value is -0.300. The molecule has 0 bridgehead atoms. The normalized spacial score (nSPS) is 14.9. The van der Waals surface area contributed by atoms with Crippen molar-refractivity contribution in [2.75, 3.05) is 0 Å². The van der Waals surface area contributed by atoms with E-state index in [4.69, 9.17) is 0 Å². The first-order valence-electron chi connectivity index (χ1n) is 5.91. The topological polar surface area (TPSA) is 0 Å². The summed E-state index contributed by atoms with van der Waals surface area (Å²) in [6.45, 7) is 6.75. The van der Waals surface area contributed by atoms with Gasteiger partial charge in [-0.05, 0) is 23.5 Å². The SMILES string of the molecule is CCCc1ccc(C(Br)C(C)CC)cc1. The van der Waals surface area contributed by atoms with Crippen LogP contribution in [0.4, 0.5) is 0 Å². The molecule has 15 heavy (non-hydrogen) atoms. The van der Waals surface area contributed by atoms with Crippen molar-refractivity contribution < 1.29 is 0 Å². The minimum absolute atomic E-state index is 0.498. The van der Waals surface area contributed by atoms with Gasteiger partial charge in [0, 0.05) is 4.83 Å². The number of hydrogen-bond acceptors (Lipinski definition) is 0. The van der Waals surface area contributed by atoms with Gasteiger partial charge in [-0.25, -0.2) is 0 Å². The number of aryl methyl sites for hydroxylation is 1. The van der Waals surface area contributed by atoms with Crippen LogP contribution in [0, 0.1) is 5.92 Å². The highest BCUT2D eigenvalue weighted by molar-refractivity contribution is 9.09. The molecule has 0 heterocycles. The molecule has 0 radical (unpaired) electrons. The summed E-state index contributed by atoms with van der Waals surface area (Å²) in [6, 6.07) is 9.04. The molecule has 0 aromatic heterocycles. The molecule has 0 N–H and O–H groups in total. The van der Waals surface area contributed by atoms with Crippen LogP contribution in [-0.4, -0.2) is 0 Å². The summed E-state index contributed by atoms with van der Waals surface area (Å²) in [7, 11) is 0. The molecule has 0 saturated carbocycles. The molecule has 1 heteroatoms. The van der Waals surface area contributed by atoms with Gasteiger partial charge in [-0.1, -0.05) is 73.8 Å². The monoisotopic (exact) mass is 268 g/mol. The molecular weight excluding hydrogens is 248 g/mol. The van der Waals surface area contributed by atoms with Gasteiger partial charge < -0.3 is 0 Å². The van der Waals surface area contributed by atoms with Crippen LogP contribution in [0.1, 0.15) is 49.6 Å². The number of rotatable bonds is 5. The predicted octanol–water partition coefficient (Wildman–Crippen LogP) is 5.12. The van der Waals surface area contributed by atoms with Crippen molar-refractivity contribution in [1.29, 1.82) is 0 Å². The van der Waals surface area contributed by atoms with Crippen LogP contribution in [0.15, 0.2) is 24.3 Å². The number of halogens is 1. The zero-order chi connectivity index (χ0) is 11.3. The summed E-state index contributed by atoms with van der Waals surface area (Å²) in [4.78, 5) is 0.498. The number of alkyl halides is 1. The van der Waals surface area contributed by atoms with Crippen molar-refractivity contribution in [1.82, 2.24) is 0 Å². The van der Waals surface area contributed by atoms with E-state index in [1.807, 2.05) is 0 Å². The van der Waals surface area contributed by atoms with Crippen molar-refractivity contribution >= 4 is 15.9 Å². The first-order valence-corrected chi connectivity index (χ1v) is 6.83. The fourth-order valence-corrected chi connectivity index (χ4v) is 2.37. The van der Waals surface area contributed by atoms with Crippen LogP contribution in [0.5, 0.6) is 0 Å². The first-order chi connectivity index (χ1) is 7.19. The van der Waals surface area contributed by atoms with E-state index >= 15 is 0 Å². The molecule has 0 amide bonds. The quantitative estimate of drug-likeness (QED) is 0.651. The zero-order valence-electron chi connectivity index (χ0n) is 9.96. The molecule has 1 aromatic carbocycles. The molecule has 0 nitrogen and oxygen atoms in total. The van der Waals surface area contributed by atoms with Crippen LogP contribution in [-0.2, 0) is 6.42 Å². The Balaban J connectivity index is 2.70. The molecule has 0 spiro atoms. The minimum atomic E-state index is 0.498. The predicted molar refractivity (Wildman–Crippen MR) is 71.6 cm³/mol. The summed E-state index contributed by atoms with van der Waals surface area (Å²) < 4.78 is 0. The maximum Gasteiger partial charge on any atom is 0.0420 e. The van der Waals surface area contributed by atoms with E-state index < -0.39 is 0 Å². The Labute approximate surface area is 102 Å². The van der Waals surface area contributed by atoms with E-state index in [0.717, 1.165) is 0 Å². The van der Waals surface area contributed by atoms with E-state index in [9.17, 15) is 0 Å². The summed E-state index contributed by atoms with van der Waals surface area (Å²) in [5.74, 6) is 0.696. The molecule has 2 unspecified atom stereocenters. The Morgan fingerprint density at radius 3 is 2.20 bits per heavy atom. The summed E-state index contributed by atoms with van der Waals surface area (Å²) in [6.07, 6.45) is 3.63. The van der Waals surface area contributed by atoms with E-state index in [1.54, 1.807) is 0 Å². The fourth-order valence-electron chi connectivity index (χ4n) is 1.69. The van der Waals surface area contributed by atoms with E-state index in [0.29, 0.717) is 10.7 Å². The van der Waals surface area contributed by atoms with Gasteiger partial charge in [-0.3, -0.25) is 0 Å². The third-order valence-corrected chi connectivity index (χ3v) is 4.41. The second-order valence-corrected chi connectivity index (χ2v) is 5.27. The van der Waals surface area contributed by atoms with Crippen LogP contribution in [0.25, 0.3) is 0 Å². The van der Waals surface area contributed by atoms with Gasteiger partial charge in [0.15, 0.2) is 0 Å². The summed E-state index contributed by atoms with van der Waals surface area (Å²) in [5.41, 5.74) is 2.86. The molecule has 1 rings (SSSR count). The zero-order valence-corrected chi connectivity index (χ0v) is 11.5. The van der Waals surface area contributed by atoms with Crippen LogP contribution < -0.4 is 0 Å². The molecule has 0 aliphatic heterocycles. The van der Waals surface area contributed by atoms with Crippen molar-refractivity contribution in [2.24, 2.45) is 5.92 Å². The standard InChI is InChI=1S/C14H21Br/c1-4-6-12-7-9-13(10-8-12)14(15)11(3)5-2/h7-11,14H,4-6H2,1-3H3. The van der Waals surface area contributed by atoms with Gasteiger partial charge in [0.2, 0.25) is 0 Å². The van der Waals surface area contributed by atoms with Gasteiger partial charge in [0.05, 0.1) is 0 Å². The van der Waals surface area contributed by atoms with Gasteiger partial charge in [0.1, 0.15) is 0 Å². The largest absolute Gasteiger partial charge is 0.0836 e. The van der Waals surface area contributed by atoms with Crippen LogP contribution in [0.3, 0.4) is 0 Å². The number of hydrogen-bond donors (Lipinski definition) is 0. The molecule has 0 fully saturated rings. The van der Waals surface area contributed by atoms with Crippen molar-refractivity contribution in [3.05, 3.63) is 35.4 Å². The van der Waals surface area contributed by atoms with Gasteiger partial charge in [-0.15, -0.1) is 0 Å². The van der Waals surface area contributed by atoms with E-state index in [2.05, 4.69) is 61.0 Å². The second kappa shape index (κ2) is 6.32. The van der Waals surface area contributed by atoms with Gasteiger partial charge in [0.25, 0.3) is 0 Å². The van der Waals surface area contributed by atoms with Crippen molar-refractivity contribution in [2.45, 2.75) is 44.9 Å². The number of benzene rings is 1. The third kappa shape index (κ3) is 3.64. The summed E-state index contributed by atoms with van der Waals surface area (Å²) >= 11 is 3.78. The first kappa shape index (κ1) is 12.8. The van der Waals surface area contributed by atoms with Gasteiger partial charge in [-0.2, -0.15) is 0 Å². The minimum Gasteiger partial charge on any atom is -0.0836 e. The molecule has 1 aromatic rings. The molecular formula is C14H21Br. The lowest BCUT2D eigenvalue weighted by molar-refractivity contribution is 0.555. The smallest absolute Gasteiger partial charge is 0.0420 e. The maximum atomic E-state index is 3.78. The summed E-state index contributed by atoms with van der Waals surface area (Å²) in [5, 5.41) is 0. The Morgan fingerprint density at radius 1 is 1.13 bits per heavy atom. The lowest BCUT2D eigenvalue weighted by Gasteiger charge is -2.17. The lowest BCUT2D eigenvalue weighted by atomic mass is 9.97. The Kier molecular flexibility index (Phi) is 5.38. The average Bonchev–Trinajstić information content (AvgIpc) is 2.28. The Bertz CT molecular complexity index is 276. The highest BCUT2D eigenvalue weighted by Crippen LogP contribution is 2.32. The highest BCUT2D eigenvalue weighted by Gasteiger charge is 2.13. The average molecular weight is 269 g/mol. The molecule has 0 saturated heterocycles. The van der Waals surface area contributed by atoms with Crippen molar-refractivity contribution in [3.63, 3.8) is 0 Å². The van der Waals surface area contributed by atoms with Crippen LogP contribution >= 0.6 is 15.9 Å². The van der Waals surface area contributed by atoms with E-state index in [-0.39, 0.29) is 0 Å². The molecule has 2 atom stereocenters. The fraction of sp³-hybridized carbons (Fsp3) is 0.571. The molecule has 0 aliphatic carbocycles. The molecule has 84 valence electrons. The third-order valence-electron chi connectivity index (χ3n) is 2.98. The molecule has 0 aliphatic rings. The lowest BCUT2D eigenvalue weighted by Crippen LogP contribution is -2.01. The van der Waals surface area contributed by atoms with Gasteiger partial charge >= 0.3 is 0 Å². The highest BCUT2D eigenvalue weighted by atomic mass is 79.9. The van der Waals surface area contributed by atoms with E-state index in [1.165, 1.54) is 30.4 Å². The second-order valence-electron chi connectivity index (χ2n) is 4.28. The maximum absolute atomic E-state index is 3.78. The Morgan fingerprint density at radius 2 is 1.73 bits per heavy atom. The van der Waals surface area contributed by atoms with Crippen LogP contribution in [0.2, 0.25) is 0 Å². The van der Waals surface area contributed by atoms with Crippen molar-refractivity contribution in [3.8, 4) is 0 Å².